The monoisotopic (exact) mass is 359 g/mol. The van der Waals surface area contributed by atoms with E-state index in [4.69, 9.17) is 24.5 Å². The van der Waals surface area contributed by atoms with Crippen LogP contribution in [0.1, 0.15) is 32.3 Å². The van der Waals surface area contributed by atoms with Crippen molar-refractivity contribution in [2.75, 3.05) is 0 Å². The molecule has 0 aliphatic heterocycles. The summed E-state index contributed by atoms with van der Waals surface area (Å²) in [4.78, 5) is 18.2. The number of para-hydroxylation sites is 1. The van der Waals surface area contributed by atoms with Crippen LogP contribution in [0.5, 0.6) is 11.5 Å². The van der Waals surface area contributed by atoms with Crippen LogP contribution in [-0.2, 0) is 16.1 Å². The quantitative estimate of drug-likeness (QED) is 0.649. The molecule has 0 atom stereocenters. The summed E-state index contributed by atoms with van der Waals surface area (Å²) in [6.45, 7) is 5.32. The highest BCUT2D eigenvalue weighted by molar-refractivity contribution is 6.27. The van der Waals surface area contributed by atoms with E-state index in [1.165, 1.54) is 5.56 Å². The highest BCUT2D eigenvalue weighted by Crippen LogP contribution is 2.21. The summed E-state index contributed by atoms with van der Waals surface area (Å²) in [7, 11) is 0. The van der Waals surface area contributed by atoms with E-state index in [9.17, 15) is 0 Å². The van der Waals surface area contributed by atoms with Gasteiger partial charge in [-0.2, -0.15) is 0 Å². The number of nitrogens with one attached hydrogen (secondary N) is 1. The van der Waals surface area contributed by atoms with Crippen molar-refractivity contribution in [1.29, 1.82) is 0 Å². The lowest BCUT2D eigenvalue weighted by Gasteiger charge is -2.15. The van der Waals surface area contributed by atoms with Crippen molar-refractivity contribution in [2.45, 2.75) is 39.3 Å². The third-order valence-corrected chi connectivity index (χ3v) is 3.64. The average molecular weight is 359 g/mol. The number of carbonyl (C=O) groups is 2. The van der Waals surface area contributed by atoms with E-state index in [1.807, 2.05) is 42.5 Å². The van der Waals surface area contributed by atoms with Gasteiger partial charge in [0.25, 0.3) is 0 Å². The average Bonchev–Trinajstić information content (AvgIpc) is 2.64. The summed E-state index contributed by atoms with van der Waals surface area (Å²) in [6.07, 6.45) is 2.33. The van der Waals surface area contributed by atoms with Crippen LogP contribution in [0.25, 0.3) is 0 Å². The lowest BCUT2D eigenvalue weighted by atomic mass is 10.1. The van der Waals surface area contributed by atoms with Crippen molar-refractivity contribution in [2.24, 2.45) is 0 Å². The van der Waals surface area contributed by atoms with Gasteiger partial charge in [-0.1, -0.05) is 44.2 Å². The minimum Gasteiger partial charge on any atom is -0.473 e. The first-order chi connectivity index (χ1) is 12.5. The third-order valence-electron chi connectivity index (χ3n) is 3.64. The number of rotatable bonds is 7. The van der Waals surface area contributed by atoms with Crippen LogP contribution in [0.4, 0.5) is 0 Å². The molecular formula is C20H25NO5. The lowest BCUT2D eigenvalue weighted by molar-refractivity contribution is -0.159. The van der Waals surface area contributed by atoms with Gasteiger partial charge in [-0.25, -0.2) is 9.59 Å². The Hall–Kier alpha value is -2.86. The molecule has 2 aromatic rings. The second-order valence-electron chi connectivity index (χ2n) is 5.57. The smallest absolute Gasteiger partial charge is 0.414 e. The Morgan fingerprint density at radius 2 is 1.50 bits per heavy atom. The van der Waals surface area contributed by atoms with E-state index < -0.39 is 11.9 Å². The van der Waals surface area contributed by atoms with E-state index >= 15 is 0 Å². The maximum Gasteiger partial charge on any atom is 0.414 e. The Morgan fingerprint density at radius 3 is 2.04 bits per heavy atom. The zero-order valence-electron chi connectivity index (χ0n) is 15.0. The summed E-state index contributed by atoms with van der Waals surface area (Å²) >= 11 is 0. The summed E-state index contributed by atoms with van der Waals surface area (Å²) in [5.41, 5.74) is 1.25. The van der Waals surface area contributed by atoms with E-state index in [1.54, 1.807) is 0 Å². The van der Waals surface area contributed by atoms with Gasteiger partial charge in [0.05, 0.1) is 0 Å². The molecule has 0 saturated heterocycles. The van der Waals surface area contributed by atoms with Gasteiger partial charge in [0, 0.05) is 12.6 Å². The minimum atomic E-state index is -1.82. The molecule has 6 nitrogen and oxygen atoms in total. The first-order valence-corrected chi connectivity index (χ1v) is 8.47. The molecule has 0 fully saturated rings. The molecule has 0 saturated carbocycles. The van der Waals surface area contributed by atoms with Crippen LogP contribution in [0.3, 0.4) is 0 Å². The number of ether oxygens (including phenoxy) is 1. The Balaban J connectivity index is 0.000000487. The zero-order chi connectivity index (χ0) is 19.4. The second kappa shape index (κ2) is 11.7. The predicted molar refractivity (Wildman–Crippen MR) is 99.4 cm³/mol. The SMILES string of the molecule is CCC(CC)NCc1cccc(Oc2ccccc2)c1.O=C(O)C(=O)O. The number of benzene rings is 2. The number of carboxylic acid groups (broad SMARTS) is 2. The fourth-order valence-electron chi connectivity index (χ4n) is 2.18. The highest BCUT2D eigenvalue weighted by Gasteiger charge is 2.04. The molecule has 0 unspecified atom stereocenters. The molecule has 0 radical (unpaired) electrons. The van der Waals surface area contributed by atoms with Crippen LogP contribution in [0.2, 0.25) is 0 Å². The Labute approximate surface area is 153 Å². The molecule has 0 bridgehead atoms. The molecule has 0 aliphatic carbocycles. The molecule has 0 amide bonds. The van der Waals surface area contributed by atoms with Crippen molar-refractivity contribution in [3.63, 3.8) is 0 Å². The summed E-state index contributed by atoms with van der Waals surface area (Å²) < 4.78 is 5.85. The number of hydrogen-bond donors (Lipinski definition) is 3. The molecule has 6 heteroatoms. The molecule has 3 N–H and O–H groups in total. The fraction of sp³-hybridized carbons (Fsp3) is 0.300. The van der Waals surface area contributed by atoms with Crippen molar-refractivity contribution < 1.29 is 24.5 Å². The van der Waals surface area contributed by atoms with E-state index in [0.29, 0.717) is 6.04 Å². The Bertz CT molecular complexity index is 672. The van der Waals surface area contributed by atoms with Gasteiger partial charge >= 0.3 is 11.9 Å². The molecule has 140 valence electrons. The van der Waals surface area contributed by atoms with Crippen molar-refractivity contribution in [1.82, 2.24) is 5.32 Å². The van der Waals surface area contributed by atoms with Gasteiger partial charge in [-0.15, -0.1) is 0 Å². The van der Waals surface area contributed by atoms with E-state index in [-0.39, 0.29) is 0 Å². The van der Waals surface area contributed by atoms with Gasteiger partial charge in [0.1, 0.15) is 11.5 Å². The van der Waals surface area contributed by atoms with Gasteiger partial charge in [-0.3, -0.25) is 0 Å². The third kappa shape index (κ3) is 8.30. The van der Waals surface area contributed by atoms with E-state index in [2.05, 4.69) is 31.3 Å². The minimum absolute atomic E-state index is 0.591. The molecule has 26 heavy (non-hydrogen) atoms. The summed E-state index contributed by atoms with van der Waals surface area (Å²) in [5.74, 6) is -1.89. The maximum atomic E-state index is 9.10. The van der Waals surface area contributed by atoms with Gasteiger partial charge < -0.3 is 20.3 Å². The summed E-state index contributed by atoms with van der Waals surface area (Å²) in [6, 6.07) is 18.7. The van der Waals surface area contributed by atoms with Crippen molar-refractivity contribution >= 4 is 11.9 Å². The van der Waals surface area contributed by atoms with Crippen LogP contribution in [0.15, 0.2) is 54.6 Å². The topological polar surface area (TPSA) is 95.9 Å². The Kier molecular flexibility index (Phi) is 9.49. The molecule has 2 rings (SSSR count). The molecular weight excluding hydrogens is 334 g/mol. The fourth-order valence-corrected chi connectivity index (χ4v) is 2.18. The second-order valence-corrected chi connectivity index (χ2v) is 5.57. The molecule has 0 heterocycles. The standard InChI is InChI=1S/C18H23NO.C2H2O4/c1-3-16(4-2)19-14-15-9-8-12-18(13-15)20-17-10-6-5-7-11-17;3-1(4)2(5)6/h5-13,16,19H,3-4,14H2,1-2H3;(H,3,4)(H,5,6). The van der Waals surface area contributed by atoms with Crippen LogP contribution in [0, 0.1) is 0 Å². The first kappa shape index (κ1) is 21.2. The lowest BCUT2D eigenvalue weighted by Crippen LogP contribution is -2.26. The van der Waals surface area contributed by atoms with Gasteiger partial charge in [-0.05, 0) is 42.7 Å². The van der Waals surface area contributed by atoms with Crippen LogP contribution in [-0.4, -0.2) is 28.2 Å². The predicted octanol–water partition coefficient (Wildman–Crippen LogP) is 3.91. The largest absolute Gasteiger partial charge is 0.473 e. The molecule has 0 aliphatic rings. The molecule has 0 spiro atoms. The van der Waals surface area contributed by atoms with Crippen LogP contribution >= 0.6 is 0 Å². The number of hydrogen-bond acceptors (Lipinski definition) is 4. The Morgan fingerprint density at radius 1 is 0.923 bits per heavy atom. The normalized spacial score (nSPS) is 9.96. The van der Waals surface area contributed by atoms with Crippen molar-refractivity contribution in [3.05, 3.63) is 60.2 Å². The van der Waals surface area contributed by atoms with Crippen LogP contribution < -0.4 is 10.1 Å². The maximum absolute atomic E-state index is 9.10. The van der Waals surface area contributed by atoms with Gasteiger partial charge in [0.15, 0.2) is 0 Å². The molecule has 2 aromatic carbocycles. The summed E-state index contributed by atoms with van der Waals surface area (Å²) in [5, 5.41) is 18.4. The van der Waals surface area contributed by atoms with Gasteiger partial charge in [0.2, 0.25) is 0 Å². The molecule has 0 aromatic heterocycles. The van der Waals surface area contributed by atoms with Crippen molar-refractivity contribution in [3.8, 4) is 11.5 Å². The highest BCUT2D eigenvalue weighted by atomic mass is 16.5. The van der Waals surface area contributed by atoms with E-state index in [0.717, 1.165) is 30.9 Å². The number of carboxylic acids is 2. The zero-order valence-corrected chi connectivity index (χ0v) is 15.0. The number of aliphatic carboxylic acids is 2. The first-order valence-electron chi connectivity index (χ1n) is 8.47.